The Bertz CT molecular complexity index is 821. The maximum atomic E-state index is 12.7. The van der Waals surface area contributed by atoms with Crippen molar-refractivity contribution in [3.63, 3.8) is 0 Å². The summed E-state index contributed by atoms with van der Waals surface area (Å²) in [6, 6.07) is 9.84. The van der Waals surface area contributed by atoms with Crippen molar-refractivity contribution in [1.29, 1.82) is 0 Å². The standard InChI is InChI=1S/C22H29N3O3/c1-16-21(18(3)26)17(2)23-22(16)20(27)15-25-11-9-24(10-12-25)13-14-28-19-7-5-4-6-8-19/h4-8,23H,9-15H2,1-3H3. The third kappa shape index (κ3) is 4.88. The van der Waals surface area contributed by atoms with E-state index in [0.29, 0.717) is 24.4 Å². The van der Waals surface area contributed by atoms with E-state index in [4.69, 9.17) is 4.74 Å². The fourth-order valence-electron chi connectivity index (χ4n) is 3.82. The van der Waals surface area contributed by atoms with E-state index in [1.807, 2.05) is 44.2 Å². The van der Waals surface area contributed by atoms with Crippen molar-refractivity contribution >= 4 is 11.6 Å². The molecule has 1 fully saturated rings. The average Bonchev–Trinajstić information content (AvgIpc) is 2.98. The first-order chi connectivity index (χ1) is 13.5. The highest BCUT2D eigenvalue weighted by molar-refractivity contribution is 6.03. The van der Waals surface area contributed by atoms with Crippen molar-refractivity contribution in [2.45, 2.75) is 20.8 Å². The van der Waals surface area contributed by atoms with Gasteiger partial charge in [-0.3, -0.25) is 19.4 Å². The Morgan fingerprint density at radius 1 is 1.04 bits per heavy atom. The molecule has 0 atom stereocenters. The third-order valence-corrected chi connectivity index (χ3v) is 5.32. The predicted molar refractivity (Wildman–Crippen MR) is 109 cm³/mol. The highest BCUT2D eigenvalue weighted by Crippen LogP contribution is 2.19. The fraction of sp³-hybridized carbons (Fsp3) is 0.455. The lowest BCUT2D eigenvalue weighted by atomic mass is 10.1. The Hall–Kier alpha value is -2.44. The normalized spacial score (nSPS) is 15.5. The van der Waals surface area contributed by atoms with E-state index in [9.17, 15) is 9.59 Å². The maximum absolute atomic E-state index is 12.7. The molecule has 0 unspecified atom stereocenters. The molecule has 3 rings (SSSR count). The molecular weight excluding hydrogens is 354 g/mol. The van der Waals surface area contributed by atoms with Crippen LogP contribution in [0.15, 0.2) is 30.3 Å². The molecule has 0 spiro atoms. The molecule has 1 aliphatic heterocycles. The van der Waals surface area contributed by atoms with E-state index in [1.54, 1.807) is 0 Å². The molecule has 0 bridgehead atoms. The molecule has 150 valence electrons. The minimum absolute atomic E-state index is 0.00311. The van der Waals surface area contributed by atoms with Crippen molar-refractivity contribution in [3.05, 3.63) is 52.8 Å². The second kappa shape index (κ2) is 9.17. The minimum Gasteiger partial charge on any atom is -0.492 e. The van der Waals surface area contributed by atoms with Gasteiger partial charge in [0.15, 0.2) is 11.6 Å². The number of ketones is 2. The molecule has 1 saturated heterocycles. The lowest BCUT2D eigenvalue weighted by Crippen LogP contribution is -2.48. The SMILES string of the molecule is CC(=O)c1c(C)[nH]c(C(=O)CN2CCN(CCOc3ccccc3)CC2)c1C. The fourth-order valence-corrected chi connectivity index (χ4v) is 3.82. The molecule has 0 amide bonds. The highest BCUT2D eigenvalue weighted by atomic mass is 16.5. The Balaban J connectivity index is 1.45. The number of piperazine rings is 1. The number of carbonyl (C=O) groups excluding carboxylic acids is 2. The van der Waals surface area contributed by atoms with Crippen LogP contribution in [0.3, 0.4) is 0 Å². The van der Waals surface area contributed by atoms with Crippen LogP contribution in [-0.4, -0.2) is 72.2 Å². The van der Waals surface area contributed by atoms with Crippen LogP contribution in [0, 0.1) is 13.8 Å². The molecule has 2 heterocycles. The number of aromatic nitrogens is 1. The highest BCUT2D eigenvalue weighted by Gasteiger charge is 2.23. The van der Waals surface area contributed by atoms with Gasteiger partial charge in [0.1, 0.15) is 12.4 Å². The molecule has 6 heteroatoms. The van der Waals surface area contributed by atoms with Crippen molar-refractivity contribution < 1.29 is 14.3 Å². The zero-order valence-electron chi connectivity index (χ0n) is 17.0. The van der Waals surface area contributed by atoms with Gasteiger partial charge in [-0.25, -0.2) is 0 Å². The number of para-hydroxylation sites is 1. The van der Waals surface area contributed by atoms with Crippen LogP contribution in [0.25, 0.3) is 0 Å². The number of rotatable bonds is 8. The van der Waals surface area contributed by atoms with E-state index in [2.05, 4.69) is 14.8 Å². The number of hydrogen-bond donors (Lipinski definition) is 1. The van der Waals surface area contributed by atoms with Gasteiger partial charge < -0.3 is 9.72 Å². The summed E-state index contributed by atoms with van der Waals surface area (Å²) in [6.45, 7) is 10.7. The van der Waals surface area contributed by atoms with Crippen LogP contribution >= 0.6 is 0 Å². The topological polar surface area (TPSA) is 65.6 Å². The third-order valence-electron chi connectivity index (χ3n) is 5.32. The van der Waals surface area contributed by atoms with E-state index in [0.717, 1.165) is 49.7 Å². The molecule has 0 aliphatic carbocycles. The summed E-state index contributed by atoms with van der Waals surface area (Å²) in [5.41, 5.74) is 2.76. The summed E-state index contributed by atoms with van der Waals surface area (Å²) in [4.78, 5) is 32.1. The van der Waals surface area contributed by atoms with Crippen molar-refractivity contribution in [3.8, 4) is 5.75 Å². The van der Waals surface area contributed by atoms with Crippen molar-refractivity contribution in [2.24, 2.45) is 0 Å². The number of ether oxygens (including phenoxy) is 1. The van der Waals surface area contributed by atoms with Gasteiger partial charge in [-0.15, -0.1) is 0 Å². The smallest absolute Gasteiger partial charge is 0.193 e. The largest absolute Gasteiger partial charge is 0.492 e. The number of H-pyrrole nitrogens is 1. The molecule has 1 aromatic heterocycles. The van der Waals surface area contributed by atoms with Crippen LogP contribution in [0.1, 0.15) is 39.0 Å². The number of carbonyl (C=O) groups is 2. The average molecular weight is 383 g/mol. The number of hydrogen-bond acceptors (Lipinski definition) is 5. The van der Waals surface area contributed by atoms with E-state index in [-0.39, 0.29) is 11.6 Å². The van der Waals surface area contributed by atoms with Gasteiger partial charge in [-0.1, -0.05) is 18.2 Å². The number of nitrogens with zero attached hydrogens (tertiary/aromatic N) is 2. The first-order valence-corrected chi connectivity index (χ1v) is 9.81. The van der Waals surface area contributed by atoms with E-state index >= 15 is 0 Å². The zero-order valence-corrected chi connectivity index (χ0v) is 17.0. The molecule has 0 saturated carbocycles. The molecule has 1 aliphatic rings. The molecule has 6 nitrogen and oxygen atoms in total. The quantitative estimate of drug-likeness (QED) is 0.710. The summed E-state index contributed by atoms with van der Waals surface area (Å²) < 4.78 is 5.76. The molecule has 2 aromatic rings. The number of nitrogens with one attached hydrogen (secondary N) is 1. The van der Waals surface area contributed by atoms with Crippen LogP contribution in [0.4, 0.5) is 0 Å². The summed E-state index contributed by atoms with van der Waals surface area (Å²) in [5, 5.41) is 0. The van der Waals surface area contributed by atoms with Gasteiger partial charge >= 0.3 is 0 Å². The van der Waals surface area contributed by atoms with Gasteiger partial charge in [-0.05, 0) is 38.5 Å². The lowest BCUT2D eigenvalue weighted by molar-refractivity contribution is 0.0826. The Labute approximate surface area is 166 Å². The second-order valence-electron chi connectivity index (χ2n) is 7.38. The number of aromatic amines is 1. The number of Topliss-reactive ketones (excluding diaryl/α,β-unsaturated/α-hetero) is 2. The number of benzene rings is 1. The first kappa shape index (κ1) is 20.3. The van der Waals surface area contributed by atoms with Gasteiger partial charge in [0.2, 0.25) is 0 Å². The second-order valence-corrected chi connectivity index (χ2v) is 7.38. The molecular formula is C22H29N3O3. The van der Waals surface area contributed by atoms with Crippen LogP contribution < -0.4 is 4.74 Å². The van der Waals surface area contributed by atoms with E-state index in [1.165, 1.54) is 6.92 Å². The van der Waals surface area contributed by atoms with Gasteiger partial charge in [0, 0.05) is 44.0 Å². The predicted octanol–water partition coefficient (Wildman–Crippen LogP) is 2.71. The van der Waals surface area contributed by atoms with Crippen molar-refractivity contribution in [2.75, 3.05) is 45.9 Å². The van der Waals surface area contributed by atoms with Crippen LogP contribution in [0.5, 0.6) is 5.75 Å². The summed E-state index contributed by atoms with van der Waals surface area (Å²) in [6.07, 6.45) is 0. The summed E-state index contributed by atoms with van der Waals surface area (Å²) in [7, 11) is 0. The summed E-state index contributed by atoms with van der Waals surface area (Å²) >= 11 is 0. The molecule has 0 radical (unpaired) electrons. The minimum atomic E-state index is -0.00311. The molecule has 1 aromatic carbocycles. The Morgan fingerprint density at radius 3 is 2.29 bits per heavy atom. The monoisotopic (exact) mass is 383 g/mol. The first-order valence-electron chi connectivity index (χ1n) is 9.81. The zero-order chi connectivity index (χ0) is 20.1. The van der Waals surface area contributed by atoms with Crippen LogP contribution in [-0.2, 0) is 0 Å². The van der Waals surface area contributed by atoms with E-state index < -0.39 is 0 Å². The van der Waals surface area contributed by atoms with Gasteiger partial charge in [0.25, 0.3) is 0 Å². The van der Waals surface area contributed by atoms with Crippen LogP contribution in [0.2, 0.25) is 0 Å². The van der Waals surface area contributed by atoms with Gasteiger partial charge in [0.05, 0.1) is 12.2 Å². The maximum Gasteiger partial charge on any atom is 0.193 e. The van der Waals surface area contributed by atoms with Gasteiger partial charge in [-0.2, -0.15) is 0 Å². The number of aryl methyl sites for hydroxylation is 1. The lowest BCUT2D eigenvalue weighted by Gasteiger charge is -2.34. The Morgan fingerprint density at radius 2 is 1.68 bits per heavy atom. The molecule has 28 heavy (non-hydrogen) atoms. The Kier molecular flexibility index (Phi) is 6.65. The van der Waals surface area contributed by atoms with Crippen molar-refractivity contribution in [1.82, 2.24) is 14.8 Å². The molecule has 1 N–H and O–H groups in total. The summed E-state index contributed by atoms with van der Waals surface area (Å²) in [5.74, 6) is 0.943.